The van der Waals surface area contributed by atoms with Crippen LogP contribution in [0.25, 0.3) is 0 Å². The van der Waals surface area contributed by atoms with Crippen molar-refractivity contribution in [2.45, 2.75) is 13.5 Å². The fourth-order valence-corrected chi connectivity index (χ4v) is 1.45. The van der Waals surface area contributed by atoms with Crippen LogP contribution in [0, 0.1) is 12.7 Å². The molecule has 0 unspecified atom stereocenters. The van der Waals surface area contributed by atoms with E-state index in [2.05, 4.69) is 4.98 Å². The van der Waals surface area contributed by atoms with Gasteiger partial charge in [-0.2, -0.15) is 0 Å². The minimum Gasteiger partial charge on any atom is -0.485 e. The number of aryl methyl sites for hydroxylation is 2. The molecule has 0 aliphatic carbocycles. The first-order valence-electron chi connectivity index (χ1n) is 5.02. The number of hydrogen-bond donors (Lipinski definition) is 0. The van der Waals surface area contributed by atoms with Gasteiger partial charge in [0.15, 0.2) is 0 Å². The summed E-state index contributed by atoms with van der Waals surface area (Å²) >= 11 is 0. The van der Waals surface area contributed by atoms with Crippen LogP contribution in [-0.2, 0) is 13.7 Å². The molecule has 84 valence electrons. The molecule has 1 aromatic carbocycles. The van der Waals surface area contributed by atoms with Gasteiger partial charge in [0, 0.05) is 19.4 Å². The van der Waals surface area contributed by atoms with Gasteiger partial charge in [0.25, 0.3) is 0 Å². The molecule has 0 aliphatic heterocycles. The van der Waals surface area contributed by atoms with Crippen molar-refractivity contribution in [3.63, 3.8) is 0 Å². The van der Waals surface area contributed by atoms with Gasteiger partial charge in [-0.3, -0.25) is 0 Å². The first kappa shape index (κ1) is 10.7. The average molecular weight is 220 g/mol. The predicted molar refractivity (Wildman–Crippen MR) is 58.7 cm³/mol. The van der Waals surface area contributed by atoms with Crippen molar-refractivity contribution < 1.29 is 9.13 Å². The van der Waals surface area contributed by atoms with Crippen LogP contribution in [-0.4, -0.2) is 9.55 Å². The third-order valence-corrected chi connectivity index (χ3v) is 2.41. The molecule has 0 saturated heterocycles. The van der Waals surface area contributed by atoms with E-state index in [-0.39, 0.29) is 5.82 Å². The SMILES string of the molecule is Cc1cc(F)ccc1OCc1nccn1C. The number of imidazole rings is 1. The highest BCUT2D eigenvalue weighted by molar-refractivity contribution is 5.32. The molecule has 0 N–H and O–H groups in total. The summed E-state index contributed by atoms with van der Waals surface area (Å²) in [4.78, 5) is 4.14. The van der Waals surface area contributed by atoms with Crippen LogP contribution in [0.4, 0.5) is 4.39 Å². The normalized spacial score (nSPS) is 10.4. The fourth-order valence-electron chi connectivity index (χ4n) is 1.45. The smallest absolute Gasteiger partial charge is 0.146 e. The fraction of sp³-hybridized carbons (Fsp3) is 0.250. The topological polar surface area (TPSA) is 27.1 Å². The third kappa shape index (κ3) is 2.21. The van der Waals surface area contributed by atoms with E-state index >= 15 is 0 Å². The van der Waals surface area contributed by atoms with Crippen molar-refractivity contribution >= 4 is 0 Å². The van der Waals surface area contributed by atoms with Crippen molar-refractivity contribution in [2.75, 3.05) is 0 Å². The Morgan fingerprint density at radius 2 is 2.25 bits per heavy atom. The Hall–Kier alpha value is -1.84. The van der Waals surface area contributed by atoms with E-state index in [4.69, 9.17) is 4.74 Å². The van der Waals surface area contributed by atoms with Crippen LogP contribution in [0.5, 0.6) is 5.75 Å². The van der Waals surface area contributed by atoms with Gasteiger partial charge in [-0.15, -0.1) is 0 Å². The second kappa shape index (κ2) is 4.35. The summed E-state index contributed by atoms with van der Waals surface area (Å²) in [6.07, 6.45) is 3.58. The predicted octanol–water partition coefficient (Wildman–Crippen LogP) is 2.45. The summed E-state index contributed by atoms with van der Waals surface area (Å²) in [6.45, 7) is 2.20. The molecule has 2 aromatic rings. The van der Waals surface area contributed by atoms with Crippen LogP contribution >= 0.6 is 0 Å². The minimum absolute atomic E-state index is 0.248. The maximum absolute atomic E-state index is 12.9. The Labute approximate surface area is 93.5 Å². The lowest BCUT2D eigenvalue weighted by molar-refractivity contribution is 0.289. The first-order valence-corrected chi connectivity index (χ1v) is 5.02. The molecule has 0 aliphatic rings. The number of rotatable bonds is 3. The van der Waals surface area contributed by atoms with Gasteiger partial charge >= 0.3 is 0 Å². The van der Waals surface area contributed by atoms with E-state index < -0.39 is 0 Å². The minimum atomic E-state index is -0.248. The van der Waals surface area contributed by atoms with E-state index in [1.54, 1.807) is 12.3 Å². The Bertz CT molecular complexity index is 494. The highest BCUT2D eigenvalue weighted by Crippen LogP contribution is 2.19. The van der Waals surface area contributed by atoms with E-state index in [9.17, 15) is 4.39 Å². The van der Waals surface area contributed by atoms with Crippen molar-refractivity contribution in [1.29, 1.82) is 0 Å². The molecule has 1 aromatic heterocycles. The molecule has 0 radical (unpaired) electrons. The van der Waals surface area contributed by atoms with Gasteiger partial charge in [0.2, 0.25) is 0 Å². The molecule has 1 heterocycles. The lowest BCUT2D eigenvalue weighted by Gasteiger charge is -2.08. The number of ether oxygens (including phenoxy) is 1. The average Bonchev–Trinajstić information content (AvgIpc) is 2.63. The zero-order chi connectivity index (χ0) is 11.5. The molecule has 4 heteroatoms. The van der Waals surface area contributed by atoms with Crippen LogP contribution < -0.4 is 4.74 Å². The van der Waals surface area contributed by atoms with Crippen LogP contribution in [0.2, 0.25) is 0 Å². The summed E-state index contributed by atoms with van der Waals surface area (Å²) in [5.74, 6) is 1.27. The Kier molecular flexibility index (Phi) is 2.90. The molecule has 0 saturated carbocycles. The summed E-state index contributed by atoms with van der Waals surface area (Å²) in [7, 11) is 1.91. The van der Waals surface area contributed by atoms with Crippen molar-refractivity contribution in [3.8, 4) is 5.75 Å². The van der Waals surface area contributed by atoms with E-state index in [1.807, 2.05) is 24.7 Å². The molecule has 0 bridgehead atoms. The highest BCUT2D eigenvalue weighted by atomic mass is 19.1. The summed E-state index contributed by atoms with van der Waals surface area (Å²) < 4.78 is 20.3. The molecule has 0 fully saturated rings. The third-order valence-electron chi connectivity index (χ3n) is 2.41. The van der Waals surface area contributed by atoms with Crippen LogP contribution in [0.3, 0.4) is 0 Å². The maximum atomic E-state index is 12.9. The van der Waals surface area contributed by atoms with E-state index in [0.717, 1.165) is 11.4 Å². The molecular formula is C12H13FN2O. The van der Waals surface area contributed by atoms with E-state index in [0.29, 0.717) is 12.4 Å². The van der Waals surface area contributed by atoms with Gasteiger partial charge < -0.3 is 9.30 Å². The highest BCUT2D eigenvalue weighted by Gasteiger charge is 2.03. The molecule has 2 rings (SSSR count). The van der Waals surface area contributed by atoms with E-state index in [1.165, 1.54) is 12.1 Å². The zero-order valence-electron chi connectivity index (χ0n) is 9.27. The largest absolute Gasteiger partial charge is 0.485 e. The van der Waals surface area contributed by atoms with Crippen LogP contribution in [0.15, 0.2) is 30.6 Å². The molecule has 0 amide bonds. The number of halogens is 1. The van der Waals surface area contributed by atoms with Gasteiger partial charge in [0.05, 0.1) is 0 Å². The number of aromatic nitrogens is 2. The molecule has 0 spiro atoms. The van der Waals surface area contributed by atoms with Gasteiger partial charge in [-0.25, -0.2) is 9.37 Å². The Balaban J connectivity index is 2.08. The quantitative estimate of drug-likeness (QED) is 0.794. The Morgan fingerprint density at radius 1 is 1.44 bits per heavy atom. The second-order valence-electron chi connectivity index (χ2n) is 3.65. The second-order valence-corrected chi connectivity index (χ2v) is 3.65. The number of benzene rings is 1. The van der Waals surface area contributed by atoms with Crippen LogP contribution in [0.1, 0.15) is 11.4 Å². The first-order chi connectivity index (χ1) is 7.66. The van der Waals surface area contributed by atoms with Crippen molar-refractivity contribution in [2.24, 2.45) is 7.05 Å². The summed E-state index contributed by atoms with van der Waals surface area (Å²) in [5.41, 5.74) is 0.786. The molecule has 16 heavy (non-hydrogen) atoms. The molecule has 3 nitrogen and oxygen atoms in total. The standard InChI is InChI=1S/C12H13FN2O/c1-9-7-10(13)3-4-11(9)16-8-12-14-5-6-15(12)2/h3-7H,8H2,1-2H3. The van der Waals surface area contributed by atoms with Gasteiger partial charge in [0.1, 0.15) is 24.0 Å². The monoisotopic (exact) mass is 220 g/mol. The van der Waals surface area contributed by atoms with Crippen molar-refractivity contribution in [3.05, 3.63) is 47.8 Å². The lowest BCUT2D eigenvalue weighted by Crippen LogP contribution is -2.03. The van der Waals surface area contributed by atoms with Crippen molar-refractivity contribution in [1.82, 2.24) is 9.55 Å². The summed E-state index contributed by atoms with van der Waals surface area (Å²) in [6, 6.07) is 4.47. The number of nitrogens with zero attached hydrogens (tertiary/aromatic N) is 2. The lowest BCUT2D eigenvalue weighted by atomic mass is 10.2. The zero-order valence-corrected chi connectivity index (χ0v) is 9.27. The van der Waals surface area contributed by atoms with Gasteiger partial charge in [-0.1, -0.05) is 0 Å². The summed E-state index contributed by atoms with van der Waals surface area (Å²) in [5, 5.41) is 0. The maximum Gasteiger partial charge on any atom is 0.146 e. The molecular weight excluding hydrogens is 207 g/mol. The van der Waals surface area contributed by atoms with Gasteiger partial charge in [-0.05, 0) is 30.7 Å². The Morgan fingerprint density at radius 3 is 2.88 bits per heavy atom. The number of hydrogen-bond acceptors (Lipinski definition) is 2. The molecule has 0 atom stereocenters.